The van der Waals surface area contributed by atoms with E-state index < -0.39 is 11.9 Å². The fraction of sp³-hybridized carbons (Fsp3) is 0.700. The maximum atomic E-state index is 10.9. The highest BCUT2D eigenvalue weighted by Gasteiger charge is 2.25. The third-order valence-electron chi connectivity index (χ3n) is 2.51. The van der Waals surface area contributed by atoms with Gasteiger partial charge in [-0.05, 0) is 24.7 Å². The summed E-state index contributed by atoms with van der Waals surface area (Å²) in [5, 5.41) is 9.45. The zero-order chi connectivity index (χ0) is 8.97. The van der Waals surface area contributed by atoms with Gasteiger partial charge in [-0.3, -0.25) is 4.79 Å². The summed E-state index contributed by atoms with van der Waals surface area (Å²) in [6.45, 7) is 0. The van der Waals surface area contributed by atoms with E-state index >= 15 is 0 Å². The number of carbonyl (C=O) groups excluding carboxylic acids is 1. The quantitative estimate of drug-likeness (QED) is 0.493. The van der Waals surface area contributed by atoms with E-state index in [0.29, 0.717) is 0 Å². The Labute approximate surface area is 73.0 Å². The highest BCUT2D eigenvalue weighted by Crippen LogP contribution is 2.26. The Morgan fingerprint density at radius 3 is 2.50 bits per heavy atom. The number of carbonyl (C=O) groups is 1. The molecule has 0 saturated heterocycles. The molecule has 2 heteroatoms. The molecule has 1 aliphatic rings. The van der Waals surface area contributed by atoms with Crippen LogP contribution in [0.2, 0.25) is 0 Å². The van der Waals surface area contributed by atoms with Crippen LogP contribution in [0.4, 0.5) is 0 Å². The van der Waals surface area contributed by atoms with Gasteiger partial charge in [0.25, 0.3) is 0 Å². The van der Waals surface area contributed by atoms with Crippen LogP contribution in [0.3, 0.4) is 0 Å². The molecule has 1 fully saturated rings. The van der Waals surface area contributed by atoms with Crippen LogP contribution < -0.4 is 0 Å². The third-order valence-corrected chi connectivity index (χ3v) is 2.51. The molecule has 0 aromatic heterocycles. The second-order valence-corrected chi connectivity index (χ2v) is 3.35. The maximum absolute atomic E-state index is 10.9. The van der Waals surface area contributed by atoms with Crippen LogP contribution in [0, 0.1) is 18.3 Å². The summed E-state index contributed by atoms with van der Waals surface area (Å²) in [4.78, 5) is 10.9. The minimum Gasteiger partial charge on any atom is -0.384 e. The van der Waals surface area contributed by atoms with E-state index in [1.807, 2.05) is 5.92 Å². The number of hydrogen-bond acceptors (Lipinski definition) is 2. The van der Waals surface area contributed by atoms with Crippen molar-refractivity contribution in [2.75, 3.05) is 0 Å². The predicted molar refractivity (Wildman–Crippen MR) is 46.4 cm³/mol. The van der Waals surface area contributed by atoms with Crippen molar-refractivity contribution >= 4 is 5.78 Å². The molecule has 1 aliphatic carbocycles. The summed E-state index contributed by atoms with van der Waals surface area (Å²) in [5.41, 5.74) is 0. The number of rotatable bonds is 2. The molecule has 0 aromatic carbocycles. The Bertz CT molecular complexity index is 196. The Morgan fingerprint density at radius 2 is 2.00 bits per heavy atom. The van der Waals surface area contributed by atoms with E-state index in [2.05, 4.69) is 0 Å². The fourth-order valence-electron chi connectivity index (χ4n) is 1.75. The van der Waals surface area contributed by atoms with Crippen LogP contribution in [0.5, 0.6) is 0 Å². The van der Waals surface area contributed by atoms with E-state index in [-0.39, 0.29) is 5.92 Å². The maximum Gasteiger partial charge on any atom is 0.233 e. The van der Waals surface area contributed by atoms with Crippen molar-refractivity contribution in [1.29, 1.82) is 0 Å². The molecule has 1 atom stereocenters. The topological polar surface area (TPSA) is 37.3 Å². The standard InChI is InChI=1S/C10H14O2/c1-2-9(11)10(12)8-6-4-3-5-7-8/h1,8,10,12H,3-7H2. The van der Waals surface area contributed by atoms with E-state index in [4.69, 9.17) is 6.42 Å². The van der Waals surface area contributed by atoms with Gasteiger partial charge in [-0.1, -0.05) is 19.3 Å². The van der Waals surface area contributed by atoms with E-state index in [9.17, 15) is 9.90 Å². The van der Waals surface area contributed by atoms with Crippen molar-refractivity contribution in [3.8, 4) is 12.3 Å². The average Bonchev–Trinajstić information content (AvgIpc) is 2.17. The molecule has 0 radical (unpaired) electrons. The number of ketones is 1. The lowest BCUT2D eigenvalue weighted by atomic mass is 9.84. The smallest absolute Gasteiger partial charge is 0.233 e. The van der Waals surface area contributed by atoms with Crippen molar-refractivity contribution in [2.24, 2.45) is 5.92 Å². The van der Waals surface area contributed by atoms with Crippen LogP contribution in [-0.2, 0) is 4.79 Å². The van der Waals surface area contributed by atoms with Gasteiger partial charge >= 0.3 is 0 Å². The lowest BCUT2D eigenvalue weighted by Crippen LogP contribution is -2.29. The first-order valence-corrected chi connectivity index (χ1v) is 4.44. The number of terminal acetylenes is 1. The van der Waals surface area contributed by atoms with Gasteiger partial charge in [0, 0.05) is 0 Å². The molecule has 1 unspecified atom stereocenters. The van der Waals surface area contributed by atoms with Crippen LogP contribution in [0.25, 0.3) is 0 Å². The van der Waals surface area contributed by atoms with E-state index in [1.165, 1.54) is 6.42 Å². The summed E-state index contributed by atoms with van der Waals surface area (Å²) < 4.78 is 0. The van der Waals surface area contributed by atoms with Gasteiger partial charge < -0.3 is 5.11 Å². The highest BCUT2D eigenvalue weighted by atomic mass is 16.3. The molecule has 1 N–H and O–H groups in total. The molecule has 12 heavy (non-hydrogen) atoms. The zero-order valence-corrected chi connectivity index (χ0v) is 7.12. The van der Waals surface area contributed by atoms with Crippen LogP contribution in [-0.4, -0.2) is 17.0 Å². The molecule has 0 aromatic rings. The SMILES string of the molecule is C#CC(=O)C(O)C1CCCCC1. The van der Waals surface area contributed by atoms with Crippen molar-refractivity contribution in [2.45, 2.75) is 38.2 Å². The highest BCUT2D eigenvalue weighted by molar-refractivity contribution is 5.98. The van der Waals surface area contributed by atoms with Crippen LogP contribution in [0.1, 0.15) is 32.1 Å². The summed E-state index contributed by atoms with van der Waals surface area (Å²) in [6.07, 6.45) is 9.33. The summed E-state index contributed by atoms with van der Waals surface area (Å²) in [5.74, 6) is 1.63. The molecule has 1 saturated carbocycles. The number of hydrogen-bond donors (Lipinski definition) is 1. The molecule has 0 amide bonds. The minimum atomic E-state index is -0.907. The predicted octanol–water partition coefficient (Wildman–Crippen LogP) is 1.13. The number of aliphatic hydroxyl groups excluding tert-OH is 1. The summed E-state index contributed by atoms with van der Waals surface area (Å²) >= 11 is 0. The van der Waals surface area contributed by atoms with Crippen LogP contribution >= 0.6 is 0 Å². The first kappa shape index (κ1) is 9.28. The molecular formula is C10H14O2. The van der Waals surface area contributed by atoms with Crippen molar-refractivity contribution < 1.29 is 9.90 Å². The Kier molecular flexibility index (Phi) is 3.31. The van der Waals surface area contributed by atoms with E-state index in [1.54, 1.807) is 0 Å². The number of Topliss-reactive ketones (excluding diaryl/α,β-unsaturated/α-hetero) is 1. The van der Waals surface area contributed by atoms with Gasteiger partial charge in [0.05, 0.1) is 0 Å². The van der Waals surface area contributed by atoms with Gasteiger partial charge in [0.1, 0.15) is 6.10 Å². The largest absolute Gasteiger partial charge is 0.384 e. The van der Waals surface area contributed by atoms with Gasteiger partial charge in [0.15, 0.2) is 0 Å². The lowest BCUT2D eigenvalue weighted by molar-refractivity contribution is -0.124. The number of aliphatic hydroxyl groups is 1. The van der Waals surface area contributed by atoms with Gasteiger partial charge in [-0.15, -0.1) is 6.42 Å². The van der Waals surface area contributed by atoms with Gasteiger partial charge in [0.2, 0.25) is 5.78 Å². The third kappa shape index (κ3) is 2.09. The molecule has 0 bridgehead atoms. The Hall–Kier alpha value is -0.810. The average molecular weight is 166 g/mol. The fourth-order valence-corrected chi connectivity index (χ4v) is 1.75. The summed E-state index contributed by atoms with van der Waals surface area (Å²) in [6, 6.07) is 0. The summed E-state index contributed by atoms with van der Waals surface area (Å²) in [7, 11) is 0. The van der Waals surface area contributed by atoms with Gasteiger partial charge in [-0.2, -0.15) is 0 Å². The minimum absolute atomic E-state index is 0.113. The van der Waals surface area contributed by atoms with Crippen molar-refractivity contribution in [1.82, 2.24) is 0 Å². The van der Waals surface area contributed by atoms with Crippen LogP contribution in [0.15, 0.2) is 0 Å². The van der Waals surface area contributed by atoms with Gasteiger partial charge in [-0.25, -0.2) is 0 Å². The van der Waals surface area contributed by atoms with Crippen molar-refractivity contribution in [3.63, 3.8) is 0 Å². The molecule has 1 rings (SSSR count). The molecule has 0 spiro atoms. The van der Waals surface area contributed by atoms with Crippen molar-refractivity contribution in [3.05, 3.63) is 0 Å². The molecule has 2 nitrogen and oxygen atoms in total. The molecular weight excluding hydrogens is 152 g/mol. The Morgan fingerprint density at radius 1 is 1.42 bits per heavy atom. The first-order chi connectivity index (χ1) is 5.75. The Balaban J connectivity index is 2.45. The lowest BCUT2D eigenvalue weighted by Gasteiger charge is -2.24. The zero-order valence-electron chi connectivity index (χ0n) is 7.12. The normalized spacial score (nSPS) is 21.3. The molecule has 66 valence electrons. The monoisotopic (exact) mass is 166 g/mol. The molecule has 0 heterocycles. The second kappa shape index (κ2) is 4.27. The first-order valence-electron chi connectivity index (χ1n) is 4.44. The van der Waals surface area contributed by atoms with E-state index in [0.717, 1.165) is 25.7 Å². The second-order valence-electron chi connectivity index (χ2n) is 3.35. The molecule has 0 aliphatic heterocycles.